The van der Waals surface area contributed by atoms with Gasteiger partial charge in [0.1, 0.15) is 6.04 Å². The molecule has 0 radical (unpaired) electrons. The Balaban J connectivity index is 2.07. The highest BCUT2D eigenvalue weighted by atomic mass is 32.2. The highest BCUT2D eigenvalue weighted by Crippen LogP contribution is 2.36. The average Bonchev–Trinajstić information content (AvgIpc) is 2.83. The second-order valence-electron chi connectivity index (χ2n) is 4.95. The number of carbonyl (C=O) groups is 2. The predicted molar refractivity (Wildman–Crippen MR) is 66.0 cm³/mol. The molecule has 17 heavy (non-hydrogen) atoms. The molecule has 6 heteroatoms. The largest absolute Gasteiger partial charge is 0.480 e. The predicted octanol–water partition coefficient (Wildman–Crippen LogP) is 1.49. The number of amides is 2. The Hall–Kier alpha value is -0.910. The van der Waals surface area contributed by atoms with E-state index >= 15 is 0 Å². The molecule has 1 heterocycles. The first-order chi connectivity index (χ1) is 7.97. The molecule has 1 aliphatic carbocycles. The zero-order valence-corrected chi connectivity index (χ0v) is 10.9. The summed E-state index contributed by atoms with van der Waals surface area (Å²) in [6.07, 6.45) is 2.74. The van der Waals surface area contributed by atoms with Crippen molar-refractivity contribution in [3.8, 4) is 0 Å². The van der Waals surface area contributed by atoms with E-state index in [1.807, 2.05) is 13.8 Å². The van der Waals surface area contributed by atoms with E-state index in [9.17, 15) is 9.59 Å². The summed E-state index contributed by atoms with van der Waals surface area (Å²) in [6, 6.07) is -0.915. The molecule has 2 aliphatic rings. The number of carboxylic acid groups (broad SMARTS) is 1. The number of nitrogens with one attached hydrogen (secondary N) is 1. The van der Waals surface area contributed by atoms with Crippen LogP contribution in [0.5, 0.6) is 0 Å². The number of hydrogen-bond donors (Lipinski definition) is 2. The van der Waals surface area contributed by atoms with Gasteiger partial charge in [0, 0.05) is 11.3 Å². The minimum absolute atomic E-state index is 0.0153. The number of rotatable bonds is 3. The zero-order chi connectivity index (χ0) is 12.6. The Labute approximate surface area is 105 Å². The van der Waals surface area contributed by atoms with Gasteiger partial charge in [-0.2, -0.15) is 0 Å². The van der Waals surface area contributed by atoms with Gasteiger partial charge in [0.05, 0.1) is 5.37 Å². The molecule has 0 bridgehead atoms. The van der Waals surface area contributed by atoms with Crippen LogP contribution in [0.1, 0.15) is 33.1 Å². The van der Waals surface area contributed by atoms with Crippen molar-refractivity contribution in [3.05, 3.63) is 0 Å². The van der Waals surface area contributed by atoms with E-state index in [1.54, 1.807) is 11.8 Å². The number of thioether (sulfide) groups is 1. The molecule has 5 nitrogen and oxygen atoms in total. The number of carboxylic acids is 1. The molecular weight excluding hydrogens is 240 g/mol. The van der Waals surface area contributed by atoms with E-state index < -0.39 is 12.0 Å². The van der Waals surface area contributed by atoms with E-state index in [0.717, 1.165) is 19.3 Å². The fourth-order valence-electron chi connectivity index (χ4n) is 1.98. The Bertz CT molecular complexity index is 344. The van der Waals surface area contributed by atoms with E-state index in [1.165, 1.54) is 4.90 Å². The molecule has 2 N–H and O–H groups in total. The van der Waals surface area contributed by atoms with Crippen LogP contribution in [0, 0.1) is 0 Å². The molecule has 0 aromatic rings. The lowest BCUT2D eigenvalue weighted by molar-refractivity contribution is -0.141. The van der Waals surface area contributed by atoms with Crippen LogP contribution in [0.3, 0.4) is 0 Å². The molecule has 0 aromatic carbocycles. The van der Waals surface area contributed by atoms with Crippen molar-refractivity contribution in [2.45, 2.75) is 50.1 Å². The molecule has 96 valence electrons. The van der Waals surface area contributed by atoms with Gasteiger partial charge < -0.3 is 10.4 Å². The summed E-state index contributed by atoms with van der Waals surface area (Å²) in [6.45, 7) is 3.96. The first-order valence-electron chi connectivity index (χ1n) is 5.92. The second kappa shape index (κ2) is 4.40. The summed E-state index contributed by atoms with van der Waals surface area (Å²) in [7, 11) is 0. The van der Waals surface area contributed by atoms with Crippen LogP contribution in [0.15, 0.2) is 0 Å². The summed E-state index contributed by atoms with van der Waals surface area (Å²) in [5.41, 5.74) is -0.105. The molecule has 2 rings (SSSR count). The van der Waals surface area contributed by atoms with Crippen molar-refractivity contribution in [1.82, 2.24) is 10.2 Å². The fourth-order valence-corrected chi connectivity index (χ4v) is 3.32. The van der Waals surface area contributed by atoms with E-state index in [4.69, 9.17) is 5.11 Å². The topological polar surface area (TPSA) is 69.6 Å². The number of aliphatic carboxylic acids is 1. The molecule has 0 aromatic heterocycles. The van der Waals surface area contributed by atoms with Crippen molar-refractivity contribution >= 4 is 23.8 Å². The Morgan fingerprint density at radius 3 is 2.65 bits per heavy atom. The van der Waals surface area contributed by atoms with Gasteiger partial charge in [-0.15, -0.1) is 11.8 Å². The van der Waals surface area contributed by atoms with Gasteiger partial charge in [0.15, 0.2) is 0 Å². The molecular formula is C11H18N2O3S. The molecule has 2 atom stereocenters. The maximum Gasteiger partial charge on any atom is 0.327 e. The molecule has 2 fully saturated rings. The van der Waals surface area contributed by atoms with Crippen molar-refractivity contribution in [1.29, 1.82) is 0 Å². The van der Waals surface area contributed by atoms with Crippen LogP contribution >= 0.6 is 11.8 Å². The zero-order valence-electron chi connectivity index (χ0n) is 10.1. The molecule has 2 amide bonds. The highest BCUT2D eigenvalue weighted by molar-refractivity contribution is 8.00. The van der Waals surface area contributed by atoms with E-state index in [0.29, 0.717) is 5.75 Å². The minimum atomic E-state index is -0.912. The van der Waals surface area contributed by atoms with Crippen LogP contribution in [0.2, 0.25) is 0 Å². The Morgan fingerprint density at radius 1 is 1.53 bits per heavy atom. The van der Waals surface area contributed by atoms with Gasteiger partial charge in [-0.3, -0.25) is 4.90 Å². The highest BCUT2D eigenvalue weighted by Gasteiger charge is 2.45. The van der Waals surface area contributed by atoms with Crippen LogP contribution < -0.4 is 5.32 Å². The van der Waals surface area contributed by atoms with Crippen molar-refractivity contribution in [2.24, 2.45) is 0 Å². The standard InChI is InChI=1S/C11H18N2O3S/c1-3-8-13(7(6-17-8)9(14)15)10(16)12-11(2)4-5-11/h7-8H,3-6H2,1-2H3,(H,12,16)(H,14,15). The Morgan fingerprint density at radius 2 is 2.18 bits per heavy atom. The summed E-state index contributed by atoms with van der Waals surface area (Å²) in [4.78, 5) is 24.7. The molecule has 1 aliphatic heterocycles. The lowest BCUT2D eigenvalue weighted by Gasteiger charge is -2.28. The first-order valence-corrected chi connectivity index (χ1v) is 6.96. The summed E-state index contributed by atoms with van der Waals surface area (Å²) >= 11 is 1.55. The van der Waals surface area contributed by atoms with E-state index in [2.05, 4.69) is 5.32 Å². The molecule has 2 unspecified atom stereocenters. The van der Waals surface area contributed by atoms with Crippen LogP contribution in [0.4, 0.5) is 4.79 Å². The number of hydrogen-bond acceptors (Lipinski definition) is 3. The van der Waals surface area contributed by atoms with Gasteiger partial charge in [-0.05, 0) is 26.2 Å². The number of carbonyl (C=O) groups excluding carboxylic acids is 1. The smallest absolute Gasteiger partial charge is 0.327 e. The summed E-state index contributed by atoms with van der Waals surface area (Å²) in [5, 5.41) is 12.0. The third-order valence-electron chi connectivity index (χ3n) is 3.37. The van der Waals surface area contributed by atoms with Gasteiger partial charge in [0.2, 0.25) is 0 Å². The monoisotopic (exact) mass is 258 g/mol. The Kier molecular flexibility index (Phi) is 3.25. The number of urea groups is 1. The average molecular weight is 258 g/mol. The minimum Gasteiger partial charge on any atom is -0.480 e. The van der Waals surface area contributed by atoms with Crippen LogP contribution in [0.25, 0.3) is 0 Å². The SMILES string of the molecule is CCC1SCC(C(=O)O)N1C(=O)NC1(C)CC1. The van der Waals surface area contributed by atoms with Gasteiger partial charge in [-0.1, -0.05) is 6.92 Å². The third kappa shape index (κ3) is 2.51. The fraction of sp³-hybridized carbons (Fsp3) is 0.818. The van der Waals surface area contributed by atoms with Gasteiger partial charge in [-0.25, -0.2) is 9.59 Å². The first kappa shape index (κ1) is 12.5. The van der Waals surface area contributed by atoms with Gasteiger partial charge >= 0.3 is 12.0 Å². The molecule has 1 saturated carbocycles. The van der Waals surface area contributed by atoms with E-state index in [-0.39, 0.29) is 16.9 Å². The third-order valence-corrected chi connectivity index (χ3v) is 4.82. The van der Waals surface area contributed by atoms with Gasteiger partial charge in [0.25, 0.3) is 0 Å². The summed E-state index contributed by atoms with van der Waals surface area (Å²) < 4.78 is 0. The lowest BCUT2D eigenvalue weighted by Crippen LogP contribution is -2.52. The van der Waals surface area contributed by atoms with Crippen LogP contribution in [-0.2, 0) is 4.79 Å². The number of nitrogens with zero attached hydrogens (tertiary/aromatic N) is 1. The quantitative estimate of drug-likeness (QED) is 0.804. The maximum absolute atomic E-state index is 12.1. The van der Waals surface area contributed by atoms with Crippen molar-refractivity contribution < 1.29 is 14.7 Å². The maximum atomic E-state index is 12.1. The second-order valence-corrected chi connectivity index (χ2v) is 6.16. The summed E-state index contributed by atoms with van der Waals surface area (Å²) in [5.74, 6) is -0.428. The lowest BCUT2D eigenvalue weighted by atomic mass is 10.2. The normalized spacial score (nSPS) is 30.1. The molecule has 1 saturated heterocycles. The van der Waals surface area contributed by atoms with Crippen molar-refractivity contribution in [2.75, 3.05) is 5.75 Å². The molecule has 0 spiro atoms. The van der Waals surface area contributed by atoms with Crippen molar-refractivity contribution in [3.63, 3.8) is 0 Å². The van der Waals surface area contributed by atoms with Crippen LogP contribution in [-0.4, -0.2) is 44.7 Å².